The van der Waals surface area contributed by atoms with Crippen LogP contribution in [0.15, 0.2) is 89.8 Å². The number of rotatable bonds is 14. The van der Waals surface area contributed by atoms with E-state index < -0.39 is 74.1 Å². The van der Waals surface area contributed by atoms with E-state index in [0.29, 0.717) is 11.1 Å². The Balaban J connectivity index is 2.30. The number of hydrogen-bond acceptors (Lipinski definition) is 9. The molecule has 3 aromatic carbocycles. The number of methoxy groups -OCH3 is 1. The predicted molar refractivity (Wildman–Crippen MR) is 156 cm³/mol. The molecule has 0 spiro atoms. The van der Waals surface area contributed by atoms with Crippen LogP contribution in [-0.4, -0.2) is 72.6 Å². The molecule has 3 rings (SSSR count). The number of hydrogen-bond donors (Lipinski definition) is 3. The third-order valence-corrected chi connectivity index (χ3v) is 8.54. The van der Waals surface area contributed by atoms with Crippen molar-refractivity contribution in [3.63, 3.8) is 0 Å². The third kappa shape index (κ3) is 7.93. The maximum atomic E-state index is 14.9. The molecule has 0 bridgehead atoms. The third-order valence-electron chi connectivity index (χ3n) is 6.72. The van der Waals surface area contributed by atoms with E-state index in [1.165, 1.54) is 0 Å². The first-order chi connectivity index (χ1) is 20.9. The van der Waals surface area contributed by atoms with Gasteiger partial charge >= 0.3 is 12.1 Å². The molecule has 15 heteroatoms. The van der Waals surface area contributed by atoms with Crippen molar-refractivity contribution in [3.8, 4) is 0 Å². The topological polar surface area (TPSA) is 199 Å². The standard InChI is InChI=1S/C29H31FN4O9S/c1-43-29(38)32-26(25(19-8-4-2-5-9-19)20-10-6-3-7-11-20)27(35)33(24(28(36)37)18-21(30)16-17-31)44(41,42)23-14-12-22(13-15-23)34(39)40/h2-15,21,24-26H,16-18,31H2,1H3,(H,32,38)(H,36,37)/t21?,24-,26-/m0/s1. The minimum Gasteiger partial charge on any atom is -0.480 e. The molecule has 2 amide bonds. The van der Waals surface area contributed by atoms with Gasteiger partial charge in [-0.25, -0.2) is 26.7 Å². The number of carboxylic acids is 1. The lowest BCUT2D eigenvalue weighted by atomic mass is 9.84. The van der Waals surface area contributed by atoms with Crippen LogP contribution in [0.3, 0.4) is 0 Å². The summed E-state index contributed by atoms with van der Waals surface area (Å²) >= 11 is 0. The van der Waals surface area contributed by atoms with Crippen LogP contribution in [0.2, 0.25) is 0 Å². The van der Waals surface area contributed by atoms with Crippen molar-refractivity contribution in [1.82, 2.24) is 9.62 Å². The summed E-state index contributed by atoms with van der Waals surface area (Å²) in [5, 5.41) is 23.7. The minimum absolute atomic E-state index is 0.0130. The second-order valence-corrected chi connectivity index (χ2v) is 11.4. The predicted octanol–water partition coefficient (Wildman–Crippen LogP) is 3.20. The molecule has 0 aliphatic rings. The Kier molecular flexibility index (Phi) is 11.5. The molecule has 1 unspecified atom stereocenters. The summed E-state index contributed by atoms with van der Waals surface area (Å²) in [6, 6.07) is 15.8. The van der Waals surface area contributed by atoms with Gasteiger partial charge in [-0.1, -0.05) is 60.7 Å². The molecule has 0 heterocycles. The number of non-ortho nitro benzene ring substituents is 1. The van der Waals surface area contributed by atoms with E-state index in [-0.39, 0.29) is 17.3 Å². The first-order valence-corrected chi connectivity index (χ1v) is 14.7. The number of carbonyl (C=O) groups is 3. The number of halogens is 1. The van der Waals surface area contributed by atoms with Gasteiger partial charge in [0.15, 0.2) is 0 Å². The number of nitro groups is 1. The summed E-state index contributed by atoms with van der Waals surface area (Å²) in [4.78, 5) is 49.4. The Morgan fingerprint density at radius 3 is 1.95 bits per heavy atom. The normalized spacial score (nSPS) is 13.4. The molecule has 0 aromatic heterocycles. The van der Waals surface area contributed by atoms with Crippen LogP contribution in [0.25, 0.3) is 0 Å². The van der Waals surface area contributed by atoms with Crippen molar-refractivity contribution in [2.45, 2.75) is 41.9 Å². The van der Waals surface area contributed by atoms with E-state index in [9.17, 15) is 42.4 Å². The Morgan fingerprint density at radius 1 is 1.00 bits per heavy atom. The molecule has 0 saturated heterocycles. The van der Waals surface area contributed by atoms with Crippen LogP contribution >= 0.6 is 0 Å². The molecule has 0 saturated carbocycles. The maximum Gasteiger partial charge on any atom is 0.407 e. The number of nitrogens with one attached hydrogen (secondary N) is 1. The summed E-state index contributed by atoms with van der Waals surface area (Å²) in [5.41, 5.74) is 5.83. The number of alkyl carbamates (subject to hydrolysis) is 1. The monoisotopic (exact) mass is 630 g/mol. The van der Waals surface area contributed by atoms with Crippen molar-refractivity contribution in [2.75, 3.05) is 13.7 Å². The van der Waals surface area contributed by atoms with Gasteiger partial charge in [0.2, 0.25) is 0 Å². The molecule has 3 aromatic rings. The fourth-order valence-electron chi connectivity index (χ4n) is 4.64. The molecule has 0 aliphatic heterocycles. The summed E-state index contributed by atoms with van der Waals surface area (Å²) in [6.07, 6.45) is -4.35. The van der Waals surface area contributed by atoms with Gasteiger partial charge in [0.05, 0.1) is 16.9 Å². The van der Waals surface area contributed by atoms with Crippen LogP contribution in [-0.2, 0) is 24.3 Å². The average Bonchev–Trinajstić information content (AvgIpc) is 3.01. The van der Waals surface area contributed by atoms with Gasteiger partial charge in [0.25, 0.3) is 21.6 Å². The number of carboxylic acid groups (broad SMARTS) is 1. The molecule has 3 atom stereocenters. The van der Waals surface area contributed by atoms with Crippen LogP contribution in [0.4, 0.5) is 14.9 Å². The summed E-state index contributed by atoms with van der Waals surface area (Å²) in [7, 11) is -4.13. The van der Waals surface area contributed by atoms with Crippen molar-refractivity contribution >= 4 is 33.7 Å². The van der Waals surface area contributed by atoms with E-state index in [0.717, 1.165) is 31.4 Å². The number of ether oxygens (including phenoxy) is 1. The van der Waals surface area contributed by atoms with E-state index in [2.05, 4.69) is 5.32 Å². The van der Waals surface area contributed by atoms with Crippen molar-refractivity contribution in [1.29, 1.82) is 0 Å². The number of amides is 2. The Labute approximate surface area is 252 Å². The molecule has 4 N–H and O–H groups in total. The zero-order valence-corrected chi connectivity index (χ0v) is 24.3. The van der Waals surface area contributed by atoms with Gasteiger partial charge < -0.3 is 20.9 Å². The smallest absolute Gasteiger partial charge is 0.407 e. The number of aliphatic carboxylic acids is 1. The van der Waals surface area contributed by atoms with E-state index in [4.69, 9.17) is 10.5 Å². The molecule has 234 valence electrons. The van der Waals surface area contributed by atoms with Crippen LogP contribution in [0.1, 0.15) is 29.9 Å². The average molecular weight is 631 g/mol. The molecular weight excluding hydrogens is 599 g/mol. The van der Waals surface area contributed by atoms with E-state index >= 15 is 0 Å². The number of nitrogens with two attached hydrogens (primary N) is 1. The maximum absolute atomic E-state index is 14.9. The molecule has 0 aliphatic carbocycles. The van der Waals surface area contributed by atoms with E-state index in [1.807, 2.05) is 0 Å². The van der Waals surface area contributed by atoms with Crippen molar-refractivity contribution < 1.29 is 42.0 Å². The van der Waals surface area contributed by atoms with Gasteiger partial charge in [-0.3, -0.25) is 14.9 Å². The number of alkyl halides is 1. The highest BCUT2D eigenvalue weighted by atomic mass is 32.2. The van der Waals surface area contributed by atoms with Crippen molar-refractivity contribution in [3.05, 3.63) is 106 Å². The second kappa shape index (κ2) is 15.0. The number of nitro benzene ring substituents is 1. The van der Waals surface area contributed by atoms with Gasteiger partial charge in [-0.15, -0.1) is 0 Å². The Bertz CT molecular complexity index is 1520. The van der Waals surface area contributed by atoms with Gasteiger partial charge in [-0.05, 0) is 36.2 Å². The van der Waals surface area contributed by atoms with Gasteiger partial charge in [0.1, 0.15) is 18.3 Å². The number of benzene rings is 3. The number of nitrogens with zero attached hydrogens (tertiary/aromatic N) is 2. The zero-order valence-electron chi connectivity index (χ0n) is 23.5. The largest absolute Gasteiger partial charge is 0.480 e. The van der Waals surface area contributed by atoms with Crippen LogP contribution in [0, 0.1) is 10.1 Å². The first-order valence-electron chi connectivity index (χ1n) is 13.3. The molecular formula is C29H31FN4O9S. The quantitative estimate of drug-likeness (QED) is 0.176. The fourth-order valence-corrected chi connectivity index (χ4v) is 6.21. The summed E-state index contributed by atoms with van der Waals surface area (Å²) in [5.74, 6) is -4.35. The highest BCUT2D eigenvalue weighted by Crippen LogP contribution is 2.32. The minimum atomic E-state index is -5.14. The fraction of sp³-hybridized carbons (Fsp3) is 0.276. The highest BCUT2D eigenvalue weighted by Gasteiger charge is 2.46. The lowest BCUT2D eigenvalue weighted by molar-refractivity contribution is -0.384. The Morgan fingerprint density at radius 2 is 1.52 bits per heavy atom. The van der Waals surface area contributed by atoms with Gasteiger partial charge in [0, 0.05) is 24.5 Å². The lowest BCUT2D eigenvalue weighted by Crippen LogP contribution is -2.58. The molecule has 0 radical (unpaired) electrons. The SMILES string of the molecule is COC(=O)N[C@H](C(=O)N([C@@H](CC(F)CCN)C(=O)O)S(=O)(=O)c1ccc([N+](=O)[O-])cc1)C(c1ccccc1)c1ccccc1. The molecule has 0 fully saturated rings. The number of carbonyl (C=O) groups excluding carboxylic acids is 2. The number of sulfonamides is 1. The van der Waals surface area contributed by atoms with Crippen LogP contribution in [0.5, 0.6) is 0 Å². The van der Waals surface area contributed by atoms with Crippen LogP contribution < -0.4 is 11.1 Å². The summed E-state index contributed by atoms with van der Waals surface area (Å²) < 4.78 is 47.8. The molecule has 44 heavy (non-hydrogen) atoms. The molecule has 13 nitrogen and oxygen atoms in total. The first kappa shape index (κ1) is 33.6. The lowest BCUT2D eigenvalue weighted by Gasteiger charge is -2.35. The Hall–Kier alpha value is -4.89. The van der Waals surface area contributed by atoms with Gasteiger partial charge in [-0.2, -0.15) is 0 Å². The highest BCUT2D eigenvalue weighted by molar-refractivity contribution is 7.89. The van der Waals surface area contributed by atoms with Crippen molar-refractivity contribution in [2.24, 2.45) is 5.73 Å². The second-order valence-electron chi connectivity index (χ2n) is 9.57. The zero-order chi connectivity index (χ0) is 32.4. The van der Waals surface area contributed by atoms with E-state index in [1.54, 1.807) is 60.7 Å². The summed E-state index contributed by atoms with van der Waals surface area (Å²) in [6.45, 7) is -0.187.